The van der Waals surface area contributed by atoms with Crippen molar-refractivity contribution in [3.05, 3.63) is 52.7 Å². The fraction of sp³-hybridized carbons (Fsp3) is 0.263. The molecule has 4 N–H and O–H groups in total. The van der Waals surface area contributed by atoms with Gasteiger partial charge in [-0.05, 0) is 30.3 Å². The molecule has 9 nitrogen and oxygen atoms in total. The SMILES string of the molecule is O=C(O)[C@@H]1O[C@H](Oc2ccc3oc4ccccc4c(=O)c3c2)[C@H](O)[C@H](O)[C@@H]1O. The van der Waals surface area contributed by atoms with Gasteiger partial charge in [-0.3, -0.25) is 4.79 Å². The molecule has 0 bridgehead atoms. The molecule has 1 aliphatic rings. The Hall–Kier alpha value is -2.98. The van der Waals surface area contributed by atoms with Crippen molar-refractivity contribution in [1.82, 2.24) is 0 Å². The Labute approximate surface area is 157 Å². The number of benzene rings is 2. The number of ether oxygens (including phenoxy) is 2. The predicted octanol–water partition coefficient (Wildman–Crippen LogP) is 0.217. The number of aliphatic hydroxyl groups excluding tert-OH is 3. The van der Waals surface area contributed by atoms with Gasteiger partial charge in [0.05, 0.1) is 10.8 Å². The fourth-order valence-corrected chi connectivity index (χ4v) is 3.14. The third kappa shape index (κ3) is 3.00. The van der Waals surface area contributed by atoms with Crippen LogP contribution in [0.15, 0.2) is 51.7 Å². The average Bonchev–Trinajstić information content (AvgIpc) is 2.69. The molecule has 0 saturated carbocycles. The van der Waals surface area contributed by atoms with Crippen LogP contribution in [0.3, 0.4) is 0 Å². The van der Waals surface area contributed by atoms with Crippen LogP contribution >= 0.6 is 0 Å². The Balaban J connectivity index is 1.69. The molecule has 3 aromatic rings. The molecule has 1 aromatic heterocycles. The minimum atomic E-state index is -1.82. The zero-order valence-electron chi connectivity index (χ0n) is 14.3. The number of aliphatic carboxylic acids is 1. The number of hydrogen-bond acceptors (Lipinski definition) is 8. The molecule has 5 atom stereocenters. The van der Waals surface area contributed by atoms with Crippen LogP contribution in [0.25, 0.3) is 21.9 Å². The topological polar surface area (TPSA) is 147 Å². The lowest BCUT2D eigenvalue weighted by Crippen LogP contribution is -2.61. The molecule has 0 spiro atoms. The highest BCUT2D eigenvalue weighted by Crippen LogP contribution is 2.27. The van der Waals surface area contributed by atoms with E-state index in [9.17, 15) is 24.9 Å². The smallest absolute Gasteiger partial charge is 0.335 e. The average molecular weight is 388 g/mol. The second-order valence-corrected chi connectivity index (χ2v) is 6.44. The molecule has 1 saturated heterocycles. The van der Waals surface area contributed by atoms with E-state index in [1.54, 1.807) is 24.3 Å². The molecule has 0 amide bonds. The molecule has 1 aliphatic heterocycles. The number of hydrogen-bond donors (Lipinski definition) is 4. The van der Waals surface area contributed by atoms with Crippen molar-refractivity contribution in [1.29, 1.82) is 0 Å². The largest absolute Gasteiger partial charge is 0.479 e. The van der Waals surface area contributed by atoms with Crippen molar-refractivity contribution >= 4 is 27.9 Å². The van der Waals surface area contributed by atoms with E-state index >= 15 is 0 Å². The van der Waals surface area contributed by atoms with E-state index in [-0.39, 0.29) is 16.6 Å². The van der Waals surface area contributed by atoms with Gasteiger partial charge in [0, 0.05) is 0 Å². The molecule has 0 unspecified atom stereocenters. The standard InChI is InChI=1S/C19H16O9/c20-13-9-3-1-2-4-11(9)27-12-6-5-8(7-10(12)13)26-19-16(23)14(21)15(22)17(28-19)18(24)25/h1-7,14-17,19,21-23H,(H,24,25)/t14-,15+,16-,17-,19+/m1/s1. The summed E-state index contributed by atoms with van der Waals surface area (Å²) < 4.78 is 16.2. The normalized spacial score (nSPS) is 27.8. The lowest BCUT2D eigenvalue weighted by molar-refractivity contribution is -0.271. The van der Waals surface area contributed by atoms with Crippen molar-refractivity contribution in [2.45, 2.75) is 30.7 Å². The van der Waals surface area contributed by atoms with Gasteiger partial charge in [-0.25, -0.2) is 4.79 Å². The zero-order valence-corrected chi connectivity index (χ0v) is 14.3. The summed E-state index contributed by atoms with van der Waals surface area (Å²) in [5, 5.41) is 39.3. The van der Waals surface area contributed by atoms with E-state index < -0.39 is 36.7 Å². The molecule has 1 fully saturated rings. The maximum atomic E-state index is 12.7. The van der Waals surface area contributed by atoms with Crippen molar-refractivity contribution in [2.75, 3.05) is 0 Å². The van der Waals surface area contributed by atoms with Crippen LogP contribution in [-0.2, 0) is 9.53 Å². The molecule has 4 rings (SSSR count). The third-order valence-electron chi connectivity index (χ3n) is 4.61. The predicted molar refractivity (Wildman–Crippen MR) is 94.9 cm³/mol. The Morgan fingerprint density at radius 2 is 1.64 bits per heavy atom. The summed E-state index contributed by atoms with van der Waals surface area (Å²) in [4.78, 5) is 23.9. The van der Waals surface area contributed by atoms with Crippen molar-refractivity contribution < 1.29 is 39.1 Å². The number of aliphatic hydroxyl groups is 3. The summed E-state index contributed by atoms with van der Waals surface area (Å²) in [6.07, 6.45) is -8.65. The highest BCUT2D eigenvalue weighted by atomic mass is 16.7. The van der Waals surface area contributed by atoms with Gasteiger partial charge in [-0.2, -0.15) is 0 Å². The van der Waals surface area contributed by atoms with Gasteiger partial charge < -0.3 is 34.3 Å². The Morgan fingerprint density at radius 1 is 0.929 bits per heavy atom. The monoisotopic (exact) mass is 388 g/mol. The number of carboxylic acid groups (broad SMARTS) is 1. The molecule has 146 valence electrons. The summed E-state index contributed by atoms with van der Waals surface area (Å²) in [5.74, 6) is -1.43. The number of fused-ring (bicyclic) bond motifs is 2. The van der Waals surface area contributed by atoms with Crippen LogP contribution in [-0.4, -0.2) is 57.1 Å². The van der Waals surface area contributed by atoms with Crippen molar-refractivity contribution in [3.63, 3.8) is 0 Å². The number of carboxylic acids is 1. The van der Waals surface area contributed by atoms with Crippen LogP contribution < -0.4 is 10.2 Å². The molecular weight excluding hydrogens is 372 g/mol. The molecule has 0 aliphatic carbocycles. The van der Waals surface area contributed by atoms with Crippen molar-refractivity contribution in [2.24, 2.45) is 0 Å². The van der Waals surface area contributed by atoms with Crippen LogP contribution in [0.1, 0.15) is 0 Å². The number of para-hydroxylation sites is 1. The van der Waals surface area contributed by atoms with E-state index in [0.717, 1.165) is 0 Å². The van der Waals surface area contributed by atoms with Gasteiger partial charge in [-0.1, -0.05) is 12.1 Å². The van der Waals surface area contributed by atoms with Gasteiger partial charge in [-0.15, -0.1) is 0 Å². The highest BCUT2D eigenvalue weighted by molar-refractivity contribution is 5.90. The van der Waals surface area contributed by atoms with E-state index in [4.69, 9.17) is 19.0 Å². The molecule has 0 radical (unpaired) electrons. The summed E-state index contributed by atoms with van der Waals surface area (Å²) in [6.45, 7) is 0. The molecular formula is C19H16O9. The first kappa shape index (κ1) is 18.4. The molecule has 28 heavy (non-hydrogen) atoms. The zero-order chi connectivity index (χ0) is 20.0. The van der Waals surface area contributed by atoms with E-state index in [2.05, 4.69) is 0 Å². The minimum Gasteiger partial charge on any atom is -0.479 e. The number of rotatable bonds is 3. The Bertz CT molecular complexity index is 1110. The maximum Gasteiger partial charge on any atom is 0.335 e. The Morgan fingerprint density at radius 3 is 2.39 bits per heavy atom. The van der Waals surface area contributed by atoms with Gasteiger partial charge >= 0.3 is 5.97 Å². The van der Waals surface area contributed by atoms with E-state index in [0.29, 0.717) is 16.6 Å². The Kier molecular flexibility index (Phi) is 4.52. The minimum absolute atomic E-state index is 0.0897. The van der Waals surface area contributed by atoms with Crippen LogP contribution in [0, 0.1) is 0 Å². The van der Waals surface area contributed by atoms with Gasteiger partial charge in [0.25, 0.3) is 0 Å². The molecule has 2 aromatic carbocycles. The van der Waals surface area contributed by atoms with Gasteiger partial charge in [0.2, 0.25) is 11.7 Å². The summed E-state index contributed by atoms with van der Waals surface area (Å²) in [5.41, 5.74) is 0.465. The van der Waals surface area contributed by atoms with Crippen LogP contribution in [0.4, 0.5) is 0 Å². The first-order valence-electron chi connectivity index (χ1n) is 8.41. The summed E-state index contributed by atoms with van der Waals surface area (Å²) >= 11 is 0. The second-order valence-electron chi connectivity index (χ2n) is 6.44. The molecule has 2 heterocycles. The first-order valence-corrected chi connectivity index (χ1v) is 8.41. The number of carbonyl (C=O) groups is 1. The fourth-order valence-electron chi connectivity index (χ4n) is 3.14. The maximum absolute atomic E-state index is 12.7. The highest BCUT2D eigenvalue weighted by Gasteiger charge is 2.48. The summed E-state index contributed by atoms with van der Waals surface area (Å²) in [7, 11) is 0. The van der Waals surface area contributed by atoms with Crippen LogP contribution in [0.5, 0.6) is 5.75 Å². The lowest BCUT2D eigenvalue weighted by atomic mass is 9.99. The first-order chi connectivity index (χ1) is 13.4. The quantitative estimate of drug-likeness (QED) is 0.463. The summed E-state index contributed by atoms with van der Waals surface area (Å²) in [6, 6.07) is 11.1. The third-order valence-corrected chi connectivity index (χ3v) is 4.61. The van der Waals surface area contributed by atoms with E-state index in [1.165, 1.54) is 18.2 Å². The van der Waals surface area contributed by atoms with Crippen LogP contribution in [0.2, 0.25) is 0 Å². The lowest BCUT2D eigenvalue weighted by Gasteiger charge is -2.38. The van der Waals surface area contributed by atoms with Gasteiger partial charge in [0.1, 0.15) is 35.2 Å². The van der Waals surface area contributed by atoms with Gasteiger partial charge in [0.15, 0.2) is 6.10 Å². The second kappa shape index (κ2) is 6.88. The van der Waals surface area contributed by atoms with E-state index in [1.807, 2.05) is 0 Å². The van der Waals surface area contributed by atoms with Crippen molar-refractivity contribution in [3.8, 4) is 5.75 Å². The molecule has 9 heteroatoms.